The lowest BCUT2D eigenvalue weighted by Gasteiger charge is -2.11. The number of hydrogen-bond donors (Lipinski definition) is 1. The van der Waals surface area contributed by atoms with Crippen molar-refractivity contribution >= 4 is 28.5 Å². The average molecular weight is 298 g/mol. The second-order valence-electron chi connectivity index (χ2n) is 3.87. The molecular formula is C13H12ClNO5. The number of aromatic nitrogens is 1. The molecule has 0 aliphatic carbocycles. The molecule has 0 amide bonds. The molecule has 0 saturated heterocycles. The third kappa shape index (κ3) is 2.08. The van der Waals surface area contributed by atoms with Crippen LogP contribution in [0.2, 0.25) is 5.02 Å². The number of methoxy groups -OCH3 is 3. The zero-order valence-electron chi connectivity index (χ0n) is 11.1. The summed E-state index contributed by atoms with van der Waals surface area (Å²) in [5.41, 5.74) is -0.280. The van der Waals surface area contributed by atoms with Crippen molar-refractivity contribution < 1.29 is 19.0 Å². The molecule has 6 nitrogen and oxygen atoms in total. The zero-order valence-corrected chi connectivity index (χ0v) is 11.8. The SMILES string of the molecule is COC(=O)c1c[nH]c2c(OC)cc(Cl)c(OC)c2c1=O. The van der Waals surface area contributed by atoms with Gasteiger partial charge in [0.1, 0.15) is 11.3 Å². The lowest BCUT2D eigenvalue weighted by atomic mass is 10.1. The number of rotatable bonds is 3. The Balaban J connectivity index is 2.95. The quantitative estimate of drug-likeness (QED) is 0.877. The molecule has 7 heteroatoms. The summed E-state index contributed by atoms with van der Waals surface area (Å²) in [5.74, 6) is -0.192. The molecule has 0 spiro atoms. The minimum Gasteiger partial charge on any atom is -0.494 e. The van der Waals surface area contributed by atoms with E-state index in [-0.39, 0.29) is 21.7 Å². The van der Waals surface area contributed by atoms with Gasteiger partial charge in [-0.1, -0.05) is 11.6 Å². The van der Waals surface area contributed by atoms with Crippen molar-refractivity contribution in [1.82, 2.24) is 4.98 Å². The third-order valence-corrected chi connectivity index (χ3v) is 3.14. The van der Waals surface area contributed by atoms with Gasteiger partial charge in [-0.15, -0.1) is 0 Å². The first-order valence-electron chi connectivity index (χ1n) is 5.59. The third-order valence-electron chi connectivity index (χ3n) is 2.86. The fraction of sp³-hybridized carbons (Fsp3) is 0.231. The number of carbonyl (C=O) groups is 1. The van der Waals surface area contributed by atoms with Crippen LogP contribution in [0, 0.1) is 0 Å². The van der Waals surface area contributed by atoms with Crippen molar-refractivity contribution in [1.29, 1.82) is 0 Å². The van der Waals surface area contributed by atoms with Gasteiger partial charge in [0, 0.05) is 12.3 Å². The highest BCUT2D eigenvalue weighted by Gasteiger charge is 2.20. The van der Waals surface area contributed by atoms with Gasteiger partial charge < -0.3 is 19.2 Å². The van der Waals surface area contributed by atoms with E-state index in [0.29, 0.717) is 11.3 Å². The highest BCUT2D eigenvalue weighted by molar-refractivity contribution is 6.33. The molecule has 1 aromatic heterocycles. The Morgan fingerprint density at radius 1 is 1.25 bits per heavy atom. The second-order valence-corrected chi connectivity index (χ2v) is 4.27. The van der Waals surface area contributed by atoms with E-state index in [1.54, 1.807) is 0 Å². The second kappa shape index (κ2) is 5.42. The molecule has 1 aromatic carbocycles. The molecule has 0 fully saturated rings. The Morgan fingerprint density at radius 3 is 2.50 bits per heavy atom. The maximum Gasteiger partial charge on any atom is 0.343 e. The summed E-state index contributed by atoms with van der Waals surface area (Å²) in [4.78, 5) is 26.8. The number of halogens is 1. The van der Waals surface area contributed by atoms with Gasteiger partial charge in [0.25, 0.3) is 0 Å². The molecule has 2 aromatic rings. The molecule has 0 unspecified atom stereocenters. The molecule has 1 N–H and O–H groups in total. The number of aromatic amines is 1. The number of pyridine rings is 1. The van der Waals surface area contributed by atoms with Crippen molar-refractivity contribution in [3.05, 3.63) is 33.1 Å². The van der Waals surface area contributed by atoms with E-state index in [2.05, 4.69) is 9.72 Å². The summed E-state index contributed by atoms with van der Waals surface area (Å²) < 4.78 is 14.9. The van der Waals surface area contributed by atoms with Gasteiger partial charge in [-0.3, -0.25) is 4.79 Å². The lowest BCUT2D eigenvalue weighted by Crippen LogP contribution is -2.18. The highest BCUT2D eigenvalue weighted by atomic mass is 35.5. The largest absolute Gasteiger partial charge is 0.494 e. The predicted molar refractivity (Wildman–Crippen MR) is 74.0 cm³/mol. The van der Waals surface area contributed by atoms with Crippen LogP contribution in [0.3, 0.4) is 0 Å². The summed E-state index contributed by atoms with van der Waals surface area (Å²) in [6.45, 7) is 0. The first-order valence-corrected chi connectivity index (χ1v) is 5.97. The minimum atomic E-state index is -0.742. The molecular weight excluding hydrogens is 286 g/mol. The number of ether oxygens (including phenoxy) is 3. The molecule has 0 radical (unpaired) electrons. The summed E-state index contributed by atoms with van der Waals surface area (Å²) >= 11 is 6.05. The molecule has 1 heterocycles. The fourth-order valence-electron chi connectivity index (χ4n) is 1.94. The van der Waals surface area contributed by atoms with Crippen LogP contribution in [-0.4, -0.2) is 32.3 Å². The van der Waals surface area contributed by atoms with Crippen LogP contribution in [0.25, 0.3) is 10.9 Å². The molecule has 0 aliphatic heterocycles. The normalized spacial score (nSPS) is 10.4. The molecule has 2 rings (SSSR count). The van der Waals surface area contributed by atoms with E-state index in [1.807, 2.05) is 0 Å². The van der Waals surface area contributed by atoms with Crippen molar-refractivity contribution in [2.24, 2.45) is 0 Å². The first-order chi connectivity index (χ1) is 9.54. The number of hydrogen-bond acceptors (Lipinski definition) is 5. The van der Waals surface area contributed by atoms with E-state index < -0.39 is 11.4 Å². The van der Waals surface area contributed by atoms with E-state index in [9.17, 15) is 9.59 Å². The smallest absolute Gasteiger partial charge is 0.343 e. The number of carbonyl (C=O) groups excluding carboxylic acids is 1. The van der Waals surface area contributed by atoms with Gasteiger partial charge in [0.2, 0.25) is 5.43 Å². The number of esters is 1. The Labute approximate surface area is 119 Å². The van der Waals surface area contributed by atoms with Gasteiger partial charge in [0.05, 0.1) is 37.3 Å². The fourth-order valence-corrected chi connectivity index (χ4v) is 2.21. The lowest BCUT2D eigenvalue weighted by molar-refractivity contribution is 0.0599. The van der Waals surface area contributed by atoms with E-state index in [1.165, 1.54) is 33.6 Å². The van der Waals surface area contributed by atoms with Crippen LogP contribution in [0.1, 0.15) is 10.4 Å². The highest BCUT2D eigenvalue weighted by Crippen LogP contribution is 2.36. The van der Waals surface area contributed by atoms with Crippen molar-refractivity contribution in [3.63, 3.8) is 0 Å². The van der Waals surface area contributed by atoms with Crippen molar-refractivity contribution in [3.8, 4) is 11.5 Å². The monoisotopic (exact) mass is 297 g/mol. The maximum absolute atomic E-state index is 12.4. The molecule has 0 saturated carbocycles. The number of H-pyrrole nitrogens is 1. The van der Waals surface area contributed by atoms with E-state index >= 15 is 0 Å². The van der Waals surface area contributed by atoms with Crippen LogP contribution in [-0.2, 0) is 4.74 Å². The van der Waals surface area contributed by atoms with Gasteiger partial charge in [-0.2, -0.15) is 0 Å². The number of nitrogens with one attached hydrogen (secondary N) is 1. The van der Waals surface area contributed by atoms with E-state index in [4.69, 9.17) is 21.1 Å². The Morgan fingerprint density at radius 2 is 1.95 bits per heavy atom. The van der Waals surface area contributed by atoms with Crippen LogP contribution in [0.5, 0.6) is 11.5 Å². The Hall–Kier alpha value is -2.21. The Bertz CT molecular complexity index is 738. The van der Waals surface area contributed by atoms with Crippen molar-refractivity contribution in [2.45, 2.75) is 0 Å². The summed E-state index contributed by atoms with van der Waals surface area (Å²) in [6, 6.07) is 1.52. The molecule has 0 atom stereocenters. The van der Waals surface area contributed by atoms with E-state index in [0.717, 1.165) is 0 Å². The molecule has 106 valence electrons. The minimum absolute atomic E-state index is 0.136. The first kappa shape index (κ1) is 14.2. The van der Waals surface area contributed by atoms with Crippen molar-refractivity contribution in [2.75, 3.05) is 21.3 Å². The van der Waals surface area contributed by atoms with Gasteiger partial charge in [-0.25, -0.2) is 4.79 Å². The van der Waals surface area contributed by atoms with Crippen LogP contribution in [0.15, 0.2) is 17.1 Å². The van der Waals surface area contributed by atoms with Gasteiger partial charge in [0.15, 0.2) is 5.75 Å². The molecule has 0 aliphatic rings. The van der Waals surface area contributed by atoms with Gasteiger partial charge in [-0.05, 0) is 0 Å². The zero-order chi connectivity index (χ0) is 14.9. The standard InChI is InChI=1S/C13H12ClNO5/c1-18-8-4-7(14)12(19-2)9-10(8)15-5-6(11(9)16)13(17)20-3/h4-5H,1-3H3,(H,15,16). The topological polar surface area (TPSA) is 77.6 Å². The number of fused-ring (bicyclic) bond motifs is 1. The summed E-state index contributed by atoms with van der Waals surface area (Å²) in [6.07, 6.45) is 1.27. The van der Waals surface area contributed by atoms with Crippen LogP contribution < -0.4 is 14.9 Å². The average Bonchev–Trinajstić information content (AvgIpc) is 2.46. The Kier molecular flexibility index (Phi) is 3.85. The molecule has 20 heavy (non-hydrogen) atoms. The van der Waals surface area contributed by atoms with Crippen LogP contribution in [0.4, 0.5) is 0 Å². The maximum atomic E-state index is 12.4. The predicted octanol–water partition coefficient (Wildman–Crippen LogP) is 1.99. The summed E-state index contributed by atoms with van der Waals surface area (Å²) in [5, 5.41) is 0.351. The van der Waals surface area contributed by atoms with Gasteiger partial charge >= 0.3 is 5.97 Å². The molecule has 0 bridgehead atoms. The number of benzene rings is 1. The van der Waals surface area contributed by atoms with Crippen LogP contribution >= 0.6 is 11.6 Å². The summed E-state index contributed by atoms with van der Waals surface area (Å²) in [7, 11) is 4.03.